The largest absolute Gasteiger partial charge is 0.493 e. The van der Waals surface area contributed by atoms with E-state index in [1.165, 1.54) is 39.9 Å². The highest BCUT2D eigenvalue weighted by molar-refractivity contribution is 5.97. The molecule has 0 aliphatic heterocycles. The molecular weight excluding hydrogens is 352 g/mol. The Morgan fingerprint density at radius 1 is 1.00 bits per heavy atom. The number of carbonyl (C=O) groups excluding carboxylic acids is 2. The van der Waals surface area contributed by atoms with Gasteiger partial charge in [-0.25, -0.2) is 0 Å². The third kappa shape index (κ3) is 4.72. The number of amides is 2. The molecule has 0 saturated carbocycles. The van der Waals surface area contributed by atoms with E-state index in [1.54, 1.807) is 19.1 Å². The third-order valence-corrected chi connectivity index (χ3v) is 4.07. The summed E-state index contributed by atoms with van der Waals surface area (Å²) in [6.45, 7) is 3.43. The zero-order valence-corrected chi connectivity index (χ0v) is 16.0. The van der Waals surface area contributed by atoms with Gasteiger partial charge in [-0.1, -0.05) is 0 Å². The van der Waals surface area contributed by atoms with Crippen molar-refractivity contribution in [3.63, 3.8) is 0 Å². The average Bonchev–Trinajstić information content (AvgIpc) is 3.21. The van der Waals surface area contributed by atoms with Crippen molar-refractivity contribution in [2.45, 2.75) is 25.9 Å². The summed E-state index contributed by atoms with van der Waals surface area (Å²) in [5.41, 5.74) is 1.12. The van der Waals surface area contributed by atoms with Gasteiger partial charge in [0.15, 0.2) is 11.5 Å². The van der Waals surface area contributed by atoms with Crippen LogP contribution in [0.3, 0.4) is 0 Å². The van der Waals surface area contributed by atoms with Crippen molar-refractivity contribution < 1.29 is 28.2 Å². The lowest BCUT2D eigenvalue weighted by Gasteiger charge is -2.21. The quantitative estimate of drug-likeness (QED) is 0.733. The van der Waals surface area contributed by atoms with E-state index in [9.17, 15) is 9.59 Å². The first-order chi connectivity index (χ1) is 12.9. The summed E-state index contributed by atoms with van der Waals surface area (Å²) in [5.74, 6) is 0.756. The standard InChI is InChI=1S/C19H24N2O6/c1-11(14-8-15(24-3)17(26-5)16(9-14)25-4)20-18(22)12(2)21-19(23)13-6-7-27-10-13/h6-12H,1-5H3,(H,20,22)(H,21,23). The number of methoxy groups -OCH3 is 3. The molecule has 0 fully saturated rings. The van der Waals surface area contributed by atoms with Crippen LogP contribution in [0.2, 0.25) is 0 Å². The lowest BCUT2D eigenvalue weighted by atomic mass is 10.1. The number of carbonyl (C=O) groups is 2. The molecule has 0 aliphatic carbocycles. The van der Waals surface area contributed by atoms with Gasteiger partial charge < -0.3 is 29.3 Å². The Morgan fingerprint density at radius 2 is 1.63 bits per heavy atom. The highest BCUT2D eigenvalue weighted by Gasteiger charge is 2.21. The Hall–Kier alpha value is -3.16. The van der Waals surface area contributed by atoms with Crippen molar-refractivity contribution >= 4 is 11.8 Å². The second-order valence-corrected chi connectivity index (χ2v) is 5.90. The van der Waals surface area contributed by atoms with Crippen LogP contribution < -0.4 is 24.8 Å². The molecule has 2 aromatic rings. The Balaban J connectivity index is 2.08. The molecular formula is C19H24N2O6. The summed E-state index contributed by atoms with van der Waals surface area (Å²) in [4.78, 5) is 24.4. The molecule has 2 amide bonds. The highest BCUT2D eigenvalue weighted by Crippen LogP contribution is 2.39. The molecule has 1 aromatic carbocycles. The van der Waals surface area contributed by atoms with E-state index in [2.05, 4.69) is 10.6 Å². The molecule has 8 heteroatoms. The summed E-state index contributed by atoms with van der Waals surface area (Å²) in [6, 6.07) is 3.98. The number of benzene rings is 1. The molecule has 2 unspecified atom stereocenters. The average molecular weight is 376 g/mol. The summed E-state index contributed by atoms with van der Waals surface area (Å²) < 4.78 is 20.8. The molecule has 0 radical (unpaired) electrons. The molecule has 2 rings (SSSR count). The summed E-state index contributed by atoms with van der Waals surface area (Å²) in [7, 11) is 4.57. The normalized spacial score (nSPS) is 12.6. The minimum absolute atomic E-state index is 0.326. The first-order valence-corrected chi connectivity index (χ1v) is 8.34. The van der Waals surface area contributed by atoms with Crippen LogP contribution >= 0.6 is 0 Å². The Bertz CT molecular complexity index is 762. The molecule has 0 saturated heterocycles. The van der Waals surface area contributed by atoms with Gasteiger partial charge in [-0.15, -0.1) is 0 Å². The van der Waals surface area contributed by atoms with Crippen molar-refractivity contribution in [2.24, 2.45) is 0 Å². The maximum Gasteiger partial charge on any atom is 0.255 e. The maximum absolute atomic E-state index is 12.4. The molecule has 27 heavy (non-hydrogen) atoms. The van der Waals surface area contributed by atoms with Gasteiger partial charge in [0, 0.05) is 0 Å². The van der Waals surface area contributed by atoms with Crippen LogP contribution in [-0.2, 0) is 4.79 Å². The smallest absolute Gasteiger partial charge is 0.255 e. The van der Waals surface area contributed by atoms with Crippen molar-refractivity contribution in [1.29, 1.82) is 0 Å². The summed E-state index contributed by atoms with van der Waals surface area (Å²) in [5, 5.41) is 5.48. The third-order valence-electron chi connectivity index (χ3n) is 4.07. The minimum Gasteiger partial charge on any atom is -0.493 e. The van der Waals surface area contributed by atoms with Crippen LogP contribution in [0.1, 0.15) is 35.8 Å². The van der Waals surface area contributed by atoms with Crippen molar-refractivity contribution in [2.75, 3.05) is 21.3 Å². The first-order valence-electron chi connectivity index (χ1n) is 8.34. The Kier molecular flexibility index (Phi) is 6.70. The predicted octanol–water partition coefficient (Wildman–Crippen LogP) is 2.30. The molecule has 0 aliphatic rings. The molecule has 1 aromatic heterocycles. The van der Waals surface area contributed by atoms with E-state index in [4.69, 9.17) is 18.6 Å². The molecule has 1 heterocycles. The van der Waals surface area contributed by atoms with Gasteiger partial charge in [-0.2, -0.15) is 0 Å². The minimum atomic E-state index is -0.725. The van der Waals surface area contributed by atoms with Gasteiger partial charge in [0.25, 0.3) is 5.91 Å². The molecule has 0 bridgehead atoms. The molecule has 2 N–H and O–H groups in total. The first kappa shape index (κ1) is 20.2. The lowest BCUT2D eigenvalue weighted by Crippen LogP contribution is -2.45. The Labute approximate surface area is 157 Å². The highest BCUT2D eigenvalue weighted by atomic mass is 16.5. The van der Waals surface area contributed by atoms with Crippen molar-refractivity contribution in [1.82, 2.24) is 10.6 Å². The van der Waals surface area contributed by atoms with Gasteiger partial charge in [0.1, 0.15) is 12.3 Å². The van der Waals surface area contributed by atoms with E-state index in [0.717, 1.165) is 5.56 Å². The fraction of sp³-hybridized carbons (Fsp3) is 0.368. The van der Waals surface area contributed by atoms with Gasteiger partial charge in [0.05, 0.1) is 39.2 Å². The van der Waals surface area contributed by atoms with E-state index >= 15 is 0 Å². The lowest BCUT2D eigenvalue weighted by molar-refractivity contribution is -0.123. The van der Waals surface area contributed by atoms with Gasteiger partial charge in [-0.3, -0.25) is 9.59 Å². The molecule has 2 atom stereocenters. The van der Waals surface area contributed by atoms with E-state index in [1.807, 2.05) is 6.92 Å². The second-order valence-electron chi connectivity index (χ2n) is 5.90. The number of hydrogen-bond acceptors (Lipinski definition) is 6. The van der Waals surface area contributed by atoms with E-state index < -0.39 is 6.04 Å². The van der Waals surface area contributed by atoms with Crippen LogP contribution in [0.5, 0.6) is 17.2 Å². The van der Waals surface area contributed by atoms with Gasteiger partial charge in [0.2, 0.25) is 11.7 Å². The van der Waals surface area contributed by atoms with Crippen LogP contribution in [0.25, 0.3) is 0 Å². The molecule has 146 valence electrons. The van der Waals surface area contributed by atoms with Crippen molar-refractivity contribution in [3.8, 4) is 17.2 Å². The number of nitrogens with one attached hydrogen (secondary N) is 2. The monoisotopic (exact) mass is 376 g/mol. The number of furan rings is 1. The van der Waals surface area contributed by atoms with Crippen LogP contribution in [0, 0.1) is 0 Å². The van der Waals surface area contributed by atoms with Crippen LogP contribution in [0.4, 0.5) is 0 Å². The Morgan fingerprint density at radius 3 is 2.11 bits per heavy atom. The SMILES string of the molecule is COc1cc(C(C)NC(=O)C(C)NC(=O)c2ccoc2)cc(OC)c1OC. The second kappa shape index (κ2) is 8.98. The predicted molar refractivity (Wildman–Crippen MR) is 98.3 cm³/mol. The zero-order chi connectivity index (χ0) is 20.0. The maximum atomic E-state index is 12.4. The van der Waals surface area contributed by atoms with Gasteiger partial charge >= 0.3 is 0 Å². The van der Waals surface area contributed by atoms with E-state index in [0.29, 0.717) is 22.8 Å². The zero-order valence-electron chi connectivity index (χ0n) is 16.0. The molecule has 0 spiro atoms. The van der Waals surface area contributed by atoms with Crippen LogP contribution in [-0.4, -0.2) is 39.2 Å². The number of ether oxygens (including phenoxy) is 3. The van der Waals surface area contributed by atoms with Crippen molar-refractivity contribution in [3.05, 3.63) is 41.9 Å². The fourth-order valence-corrected chi connectivity index (χ4v) is 2.51. The fourth-order valence-electron chi connectivity index (χ4n) is 2.51. The van der Waals surface area contributed by atoms with E-state index in [-0.39, 0.29) is 17.9 Å². The number of hydrogen-bond donors (Lipinski definition) is 2. The molecule has 8 nitrogen and oxygen atoms in total. The van der Waals surface area contributed by atoms with Gasteiger partial charge in [-0.05, 0) is 37.6 Å². The summed E-state index contributed by atoms with van der Waals surface area (Å²) >= 11 is 0. The summed E-state index contributed by atoms with van der Waals surface area (Å²) in [6.07, 6.45) is 2.71. The topological polar surface area (TPSA) is 99.0 Å². The van der Waals surface area contributed by atoms with Crippen LogP contribution in [0.15, 0.2) is 35.1 Å². The number of rotatable bonds is 8.